The summed E-state index contributed by atoms with van der Waals surface area (Å²) in [5.74, 6) is 0.984. The molecule has 0 N–H and O–H groups in total. The standard InChI is InChI=1S/C11H14O/c1-8-2-3-10-7-11(12)5-4-9(10)6-8/h7,9H,1-6H2. The average molecular weight is 162 g/mol. The van der Waals surface area contributed by atoms with Gasteiger partial charge in [0.1, 0.15) is 0 Å². The van der Waals surface area contributed by atoms with Gasteiger partial charge in [-0.15, -0.1) is 0 Å². The van der Waals surface area contributed by atoms with E-state index in [2.05, 4.69) is 6.58 Å². The molecule has 1 heteroatoms. The van der Waals surface area contributed by atoms with Crippen molar-refractivity contribution < 1.29 is 4.79 Å². The first kappa shape index (κ1) is 7.78. The fraction of sp³-hybridized carbons (Fsp3) is 0.545. The molecule has 0 saturated heterocycles. The third-order valence-electron chi connectivity index (χ3n) is 2.91. The van der Waals surface area contributed by atoms with Crippen molar-refractivity contribution in [3.63, 3.8) is 0 Å². The van der Waals surface area contributed by atoms with Crippen LogP contribution < -0.4 is 0 Å². The zero-order valence-electron chi connectivity index (χ0n) is 7.31. The Morgan fingerprint density at radius 1 is 1.33 bits per heavy atom. The summed E-state index contributed by atoms with van der Waals surface area (Å²) in [5.41, 5.74) is 2.75. The molecule has 0 aliphatic heterocycles. The molecule has 1 nitrogen and oxygen atoms in total. The van der Waals surface area contributed by atoms with Crippen LogP contribution in [0.1, 0.15) is 32.1 Å². The van der Waals surface area contributed by atoms with Gasteiger partial charge in [-0.2, -0.15) is 0 Å². The highest BCUT2D eigenvalue weighted by atomic mass is 16.1. The molecule has 1 atom stereocenters. The van der Waals surface area contributed by atoms with Gasteiger partial charge in [0, 0.05) is 6.42 Å². The smallest absolute Gasteiger partial charge is 0.155 e. The highest BCUT2D eigenvalue weighted by Gasteiger charge is 2.25. The summed E-state index contributed by atoms with van der Waals surface area (Å²) in [4.78, 5) is 11.1. The van der Waals surface area contributed by atoms with Crippen molar-refractivity contribution in [1.82, 2.24) is 0 Å². The van der Waals surface area contributed by atoms with E-state index in [9.17, 15) is 4.79 Å². The summed E-state index contributed by atoms with van der Waals surface area (Å²) in [6.07, 6.45) is 6.98. The second kappa shape index (κ2) is 2.89. The summed E-state index contributed by atoms with van der Waals surface area (Å²) >= 11 is 0. The molecule has 0 amide bonds. The first-order valence-electron chi connectivity index (χ1n) is 4.65. The van der Waals surface area contributed by atoms with Crippen molar-refractivity contribution in [3.05, 3.63) is 23.8 Å². The van der Waals surface area contributed by atoms with Gasteiger partial charge < -0.3 is 0 Å². The number of rotatable bonds is 0. The molecule has 2 aliphatic rings. The van der Waals surface area contributed by atoms with E-state index in [0.29, 0.717) is 11.7 Å². The zero-order chi connectivity index (χ0) is 8.55. The molecular formula is C11H14O. The third kappa shape index (κ3) is 1.36. The van der Waals surface area contributed by atoms with Crippen molar-refractivity contribution >= 4 is 5.78 Å². The quantitative estimate of drug-likeness (QED) is 0.500. The molecule has 0 aromatic heterocycles. The molecule has 0 spiro atoms. The van der Waals surface area contributed by atoms with E-state index in [1.807, 2.05) is 6.08 Å². The average Bonchev–Trinajstić information content (AvgIpc) is 2.05. The molecule has 2 aliphatic carbocycles. The van der Waals surface area contributed by atoms with Crippen LogP contribution >= 0.6 is 0 Å². The largest absolute Gasteiger partial charge is 0.295 e. The lowest BCUT2D eigenvalue weighted by atomic mass is 9.76. The van der Waals surface area contributed by atoms with E-state index in [-0.39, 0.29) is 0 Å². The second-order valence-corrected chi connectivity index (χ2v) is 3.88. The lowest BCUT2D eigenvalue weighted by Crippen LogP contribution is -2.18. The molecule has 1 fully saturated rings. The number of hydrogen-bond donors (Lipinski definition) is 0. The van der Waals surface area contributed by atoms with Gasteiger partial charge in [-0.25, -0.2) is 0 Å². The summed E-state index contributed by atoms with van der Waals surface area (Å²) < 4.78 is 0. The van der Waals surface area contributed by atoms with Crippen molar-refractivity contribution in [3.8, 4) is 0 Å². The van der Waals surface area contributed by atoms with Crippen molar-refractivity contribution in [2.75, 3.05) is 0 Å². The zero-order valence-corrected chi connectivity index (χ0v) is 7.31. The monoisotopic (exact) mass is 162 g/mol. The van der Waals surface area contributed by atoms with Crippen LogP contribution in [0.25, 0.3) is 0 Å². The first-order valence-corrected chi connectivity index (χ1v) is 4.65. The molecule has 1 saturated carbocycles. The summed E-state index contributed by atoms with van der Waals surface area (Å²) in [5, 5.41) is 0. The van der Waals surface area contributed by atoms with Gasteiger partial charge in [0.2, 0.25) is 0 Å². The van der Waals surface area contributed by atoms with E-state index >= 15 is 0 Å². The maximum absolute atomic E-state index is 11.1. The van der Waals surface area contributed by atoms with Crippen LogP contribution in [0.5, 0.6) is 0 Å². The van der Waals surface area contributed by atoms with Gasteiger partial charge in [0.05, 0.1) is 0 Å². The van der Waals surface area contributed by atoms with Gasteiger partial charge in [-0.05, 0) is 37.7 Å². The Labute approximate surface area is 73.2 Å². The fourth-order valence-electron chi connectivity index (χ4n) is 2.18. The van der Waals surface area contributed by atoms with Crippen molar-refractivity contribution in [2.45, 2.75) is 32.1 Å². The lowest BCUT2D eigenvalue weighted by Gasteiger charge is -2.29. The van der Waals surface area contributed by atoms with Gasteiger partial charge in [-0.1, -0.05) is 17.7 Å². The second-order valence-electron chi connectivity index (χ2n) is 3.88. The number of carbonyl (C=O) groups excluding carboxylic acids is 1. The molecule has 0 heterocycles. The van der Waals surface area contributed by atoms with E-state index < -0.39 is 0 Å². The number of fused-ring (bicyclic) bond motifs is 1. The van der Waals surface area contributed by atoms with Crippen molar-refractivity contribution in [1.29, 1.82) is 0 Å². The van der Waals surface area contributed by atoms with Crippen LogP contribution in [-0.2, 0) is 4.79 Å². The predicted molar refractivity (Wildman–Crippen MR) is 48.8 cm³/mol. The van der Waals surface area contributed by atoms with Crippen LogP contribution in [0.2, 0.25) is 0 Å². The number of allylic oxidation sites excluding steroid dienone is 3. The van der Waals surface area contributed by atoms with Gasteiger partial charge in [-0.3, -0.25) is 4.79 Å². The van der Waals surface area contributed by atoms with Crippen LogP contribution in [0.15, 0.2) is 23.8 Å². The molecule has 12 heavy (non-hydrogen) atoms. The molecular weight excluding hydrogens is 148 g/mol. The van der Waals surface area contributed by atoms with Gasteiger partial charge in [0.15, 0.2) is 5.78 Å². The maximum Gasteiger partial charge on any atom is 0.155 e. The lowest BCUT2D eigenvalue weighted by molar-refractivity contribution is -0.115. The Morgan fingerprint density at radius 3 is 3.00 bits per heavy atom. The minimum absolute atomic E-state index is 0.328. The van der Waals surface area contributed by atoms with E-state index in [1.165, 1.54) is 11.1 Å². The topological polar surface area (TPSA) is 17.1 Å². The first-order chi connectivity index (χ1) is 5.75. The Kier molecular flexibility index (Phi) is 1.87. The number of ketones is 1. The van der Waals surface area contributed by atoms with Crippen LogP contribution in [0, 0.1) is 5.92 Å². The maximum atomic E-state index is 11.1. The predicted octanol–water partition coefficient (Wildman–Crippen LogP) is 2.63. The Balaban J connectivity index is 2.18. The molecule has 0 aromatic carbocycles. The Bertz CT molecular complexity index is 260. The molecule has 64 valence electrons. The van der Waals surface area contributed by atoms with E-state index in [4.69, 9.17) is 0 Å². The molecule has 1 unspecified atom stereocenters. The van der Waals surface area contributed by atoms with Crippen molar-refractivity contribution in [2.24, 2.45) is 5.92 Å². The fourth-order valence-corrected chi connectivity index (χ4v) is 2.18. The molecule has 0 aromatic rings. The molecule has 0 radical (unpaired) electrons. The normalized spacial score (nSPS) is 29.7. The molecule has 2 rings (SSSR count). The third-order valence-corrected chi connectivity index (χ3v) is 2.91. The highest BCUT2D eigenvalue weighted by Crippen LogP contribution is 2.37. The minimum Gasteiger partial charge on any atom is -0.295 e. The molecule has 0 bridgehead atoms. The Morgan fingerprint density at radius 2 is 2.17 bits per heavy atom. The Hall–Kier alpha value is -0.850. The highest BCUT2D eigenvalue weighted by molar-refractivity contribution is 5.91. The summed E-state index contributed by atoms with van der Waals surface area (Å²) in [6, 6.07) is 0. The van der Waals surface area contributed by atoms with Crippen LogP contribution in [0.3, 0.4) is 0 Å². The summed E-state index contributed by atoms with van der Waals surface area (Å²) in [7, 11) is 0. The van der Waals surface area contributed by atoms with Crippen LogP contribution in [0.4, 0.5) is 0 Å². The number of hydrogen-bond acceptors (Lipinski definition) is 1. The number of carbonyl (C=O) groups is 1. The minimum atomic E-state index is 0.328. The van der Waals surface area contributed by atoms with Gasteiger partial charge >= 0.3 is 0 Å². The van der Waals surface area contributed by atoms with E-state index in [0.717, 1.165) is 32.1 Å². The summed E-state index contributed by atoms with van der Waals surface area (Å²) in [6.45, 7) is 4.01. The van der Waals surface area contributed by atoms with Gasteiger partial charge in [0.25, 0.3) is 0 Å². The SMILES string of the molecule is C=C1CCC2=CC(=O)CCC2C1. The van der Waals surface area contributed by atoms with E-state index in [1.54, 1.807) is 0 Å². The van der Waals surface area contributed by atoms with Crippen LogP contribution in [-0.4, -0.2) is 5.78 Å².